The van der Waals surface area contributed by atoms with E-state index >= 15 is 0 Å². The molecule has 0 spiro atoms. The second kappa shape index (κ2) is 5.78. The van der Waals surface area contributed by atoms with E-state index in [1.54, 1.807) is 0 Å². The van der Waals surface area contributed by atoms with Gasteiger partial charge in [-0.1, -0.05) is 0 Å². The lowest BCUT2D eigenvalue weighted by Crippen LogP contribution is -2.55. The van der Waals surface area contributed by atoms with Crippen molar-refractivity contribution in [3.63, 3.8) is 0 Å². The van der Waals surface area contributed by atoms with Crippen molar-refractivity contribution in [1.29, 1.82) is 0 Å². The van der Waals surface area contributed by atoms with Gasteiger partial charge in [0.25, 0.3) is 0 Å². The highest BCUT2D eigenvalue weighted by molar-refractivity contribution is 5.86. The lowest BCUT2D eigenvalue weighted by Gasteiger charge is -2.20. The van der Waals surface area contributed by atoms with Crippen LogP contribution in [0.1, 0.15) is 6.42 Å². The third-order valence-corrected chi connectivity index (χ3v) is 2.26. The van der Waals surface area contributed by atoms with Crippen LogP contribution < -0.4 is 11.1 Å². The standard InChI is InChI=1S/C9H16N2O5/c10-9(1-3-16-6-9)8(14)11-2-4-15-5-7(12)13/h1-6,10H2,(H,11,14)(H,12,13). The first-order valence-electron chi connectivity index (χ1n) is 4.99. The number of ether oxygens (including phenoxy) is 2. The Balaban J connectivity index is 2.13. The number of amides is 1. The van der Waals surface area contributed by atoms with Gasteiger partial charge in [-0.3, -0.25) is 4.79 Å². The molecule has 0 radical (unpaired) electrons. The molecule has 1 atom stereocenters. The number of carbonyl (C=O) groups is 2. The lowest BCUT2D eigenvalue weighted by molar-refractivity contribution is -0.142. The number of carboxylic acids is 1. The fourth-order valence-electron chi connectivity index (χ4n) is 1.33. The molecule has 1 heterocycles. The molecule has 92 valence electrons. The second-order valence-corrected chi connectivity index (χ2v) is 3.66. The van der Waals surface area contributed by atoms with E-state index in [9.17, 15) is 9.59 Å². The maximum atomic E-state index is 11.6. The number of aliphatic carboxylic acids is 1. The van der Waals surface area contributed by atoms with E-state index in [0.29, 0.717) is 13.0 Å². The SMILES string of the molecule is NC1(C(=O)NCCOCC(=O)O)CCOC1. The van der Waals surface area contributed by atoms with E-state index in [1.165, 1.54) is 0 Å². The molecule has 7 heteroatoms. The highest BCUT2D eigenvalue weighted by Crippen LogP contribution is 2.14. The molecular formula is C9H16N2O5. The van der Waals surface area contributed by atoms with Crippen LogP contribution in [0.2, 0.25) is 0 Å². The average molecular weight is 232 g/mol. The molecule has 1 aliphatic heterocycles. The van der Waals surface area contributed by atoms with Crippen molar-refractivity contribution in [2.75, 3.05) is 33.0 Å². The number of nitrogens with two attached hydrogens (primary N) is 1. The normalized spacial score (nSPS) is 24.3. The Labute approximate surface area is 92.9 Å². The average Bonchev–Trinajstić information content (AvgIpc) is 2.65. The lowest BCUT2D eigenvalue weighted by atomic mass is 9.99. The van der Waals surface area contributed by atoms with Crippen molar-refractivity contribution in [3.05, 3.63) is 0 Å². The van der Waals surface area contributed by atoms with Crippen LogP contribution >= 0.6 is 0 Å². The molecule has 1 saturated heterocycles. The Kier molecular flexibility index (Phi) is 4.66. The van der Waals surface area contributed by atoms with Crippen molar-refractivity contribution in [3.8, 4) is 0 Å². The molecule has 1 aliphatic rings. The quantitative estimate of drug-likeness (QED) is 0.472. The fourth-order valence-corrected chi connectivity index (χ4v) is 1.33. The van der Waals surface area contributed by atoms with Crippen LogP contribution in [0.3, 0.4) is 0 Å². The van der Waals surface area contributed by atoms with Gasteiger partial charge in [0.2, 0.25) is 5.91 Å². The minimum Gasteiger partial charge on any atom is -0.480 e. The first kappa shape index (κ1) is 12.9. The minimum atomic E-state index is -1.04. The van der Waals surface area contributed by atoms with Crippen LogP contribution in [0.25, 0.3) is 0 Å². The summed E-state index contributed by atoms with van der Waals surface area (Å²) in [6.45, 7) is 0.723. The zero-order chi connectivity index (χ0) is 12.0. The van der Waals surface area contributed by atoms with Crippen molar-refractivity contribution in [2.24, 2.45) is 5.73 Å². The van der Waals surface area contributed by atoms with E-state index in [-0.39, 0.29) is 32.3 Å². The Hall–Kier alpha value is -1.18. The largest absolute Gasteiger partial charge is 0.480 e. The van der Waals surface area contributed by atoms with Crippen LogP contribution in [0, 0.1) is 0 Å². The van der Waals surface area contributed by atoms with Gasteiger partial charge < -0.3 is 25.6 Å². The number of nitrogens with one attached hydrogen (secondary N) is 1. The predicted octanol–water partition coefficient (Wildman–Crippen LogP) is -1.68. The zero-order valence-electron chi connectivity index (χ0n) is 8.90. The van der Waals surface area contributed by atoms with Crippen LogP contribution in [0.4, 0.5) is 0 Å². The summed E-state index contributed by atoms with van der Waals surface area (Å²) in [5.74, 6) is -1.32. The number of hydrogen-bond donors (Lipinski definition) is 3. The Morgan fingerprint density at radius 3 is 2.88 bits per heavy atom. The molecule has 1 fully saturated rings. The molecule has 0 aromatic carbocycles. The third kappa shape index (κ3) is 3.76. The summed E-state index contributed by atoms with van der Waals surface area (Å²) < 4.78 is 9.80. The molecule has 0 aliphatic carbocycles. The molecule has 0 aromatic heterocycles. The maximum Gasteiger partial charge on any atom is 0.329 e. The fraction of sp³-hybridized carbons (Fsp3) is 0.778. The van der Waals surface area contributed by atoms with E-state index < -0.39 is 11.5 Å². The number of carboxylic acid groups (broad SMARTS) is 1. The summed E-state index contributed by atoms with van der Waals surface area (Å²) in [6.07, 6.45) is 0.495. The second-order valence-electron chi connectivity index (χ2n) is 3.66. The molecule has 7 nitrogen and oxygen atoms in total. The van der Waals surface area contributed by atoms with Gasteiger partial charge in [-0.2, -0.15) is 0 Å². The summed E-state index contributed by atoms with van der Waals surface area (Å²) >= 11 is 0. The Bertz CT molecular complexity index is 263. The third-order valence-electron chi connectivity index (χ3n) is 2.26. The van der Waals surface area contributed by atoms with Crippen molar-refractivity contribution in [1.82, 2.24) is 5.32 Å². The van der Waals surface area contributed by atoms with E-state index in [0.717, 1.165) is 0 Å². The molecule has 0 bridgehead atoms. The monoisotopic (exact) mass is 232 g/mol. The van der Waals surface area contributed by atoms with Gasteiger partial charge in [0.05, 0.1) is 13.2 Å². The van der Waals surface area contributed by atoms with Gasteiger partial charge >= 0.3 is 5.97 Å². The van der Waals surface area contributed by atoms with Gasteiger partial charge in [0.15, 0.2) is 0 Å². The van der Waals surface area contributed by atoms with Crippen molar-refractivity contribution >= 4 is 11.9 Å². The number of hydrogen-bond acceptors (Lipinski definition) is 5. The summed E-state index contributed by atoms with van der Waals surface area (Å²) in [5, 5.41) is 10.9. The molecular weight excluding hydrogens is 216 g/mol. The highest BCUT2D eigenvalue weighted by atomic mass is 16.5. The molecule has 16 heavy (non-hydrogen) atoms. The number of carbonyl (C=O) groups excluding carboxylic acids is 1. The van der Waals surface area contributed by atoms with Crippen LogP contribution in [-0.2, 0) is 19.1 Å². The van der Waals surface area contributed by atoms with E-state index in [2.05, 4.69) is 5.32 Å². The van der Waals surface area contributed by atoms with Gasteiger partial charge in [0, 0.05) is 13.2 Å². The highest BCUT2D eigenvalue weighted by Gasteiger charge is 2.37. The molecule has 0 aromatic rings. The Morgan fingerprint density at radius 2 is 2.31 bits per heavy atom. The molecule has 1 unspecified atom stereocenters. The van der Waals surface area contributed by atoms with Gasteiger partial charge in [-0.15, -0.1) is 0 Å². The smallest absolute Gasteiger partial charge is 0.329 e. The molecule has 1 rings (SSSR count). The van der Waals surface area contributed by atoms with Gasteiger partial charge in [-0.25, -0.2) is 4.79 Å². The first-order chi connectivity index (χ1) is 7.54. The first-order valence-corrected chi connectivity index (χ1v) is 4.99. The number of rotatable bonds is 6. The summed E-state index contributed by atoms with van der Waals surface area (Å²) in [6, 6.07) is 0. The summed E-state index contributed by atoms with van der Waals surface area (Å²) in [5.41, 5.74) is 4.84. The minimum absolute atomic E-state index is 0.148. The van der Waals surface area contributed by atoms with E-state index in [1.807, 2.05) is 0 Å². The summed E-state index contributed by atoms with van der Waals surface area (Å²) in [4.78, 5) is 21.7. The molecule has 1 amide bonds. The van der Waals surface area contributed by atoms with E-state index in [4.69, 9.17) is 20.3 Å². The topological polar surface area (TPSA) is 111 Å². The molecule has 4 N–H and O–H groups in total. The molecule has 0 saturated carbocycles. The Morgan fingerprint density at radius 1 is 1.56 bits per heavy atom. The summed E-state index contributed by atoms with van der Waals surface area (Å²) in [7, 11) is 0. The zero-order valence-corrected chi connectivity index (χ0v) is 8.90. The van der Waals surface area contributed by atoms with Crippen molar-refractivity contribution in [2.45, 2.75) is 12.0 Å². The van der Waals surface area contributed by atoms with Crippen LogP contribution in [0.5, 0.6) is 0 Å². The van der Waals surface area contributed by atoms with Gasteiger partial charge in [0.1, 0.15) is 12.1 Å². The predicted molar refractivity (Wildman–Crippen MR) is 53.8 cm³/mol. The van der Waals surface area contributed by atoms with Crippen LogP contribution in [-0.4, -0.2) is 55.5 Å². The van der Waals surface area contributed by atoms with Crippen molar-refractivity contribution < 1.29 is 24.2 Å². The maximum absolute atomic E-state index is 11.6. The van der Waals surface area contributed by atoms with Crippen LogP contribution in [0.15, 0.2) is 0 Å². The van der Waals surface area contributed by atoms with Gasteiger partial charge in [-0.05, 0) is 6.42 Å².